The van der Waals surface area contributed by atoms with E-state index in [0.29, 0.717) is 43.0 Å². The summed E-state index contributed by atoms with van der Waals surface area (Å²) in [5.41, 5.74) is 3.66. The third-order valence-corrected chi connectivity index (χ3v) is 7.38. The van der Waals surface area contributed by atoms with Gasteiger partial charge in [0.15, 0.2) is 0 Å². The van der Waals surface area contributed by atoms with Crippen LogP contribution in [0, 0.1) is 6.92 Å². The largest absolute Gasteiger partial charge is 0.411 e. The molecule has 1 amide bonds. The number of nitrogens with one attached hydrogen (secondary N) is 1. The van der Waals surface area contributed by atoms with Crippen molar-refractivity contribution >= 4 is 39.1 Å². The Hall–Kier alpha value is -2.89. The summed E-state index contributed by atoms with van der Waals surface area (Å²) < 4.78 is 30.4. The normalized spacial score (nSPS) is 14.9. The maximum atomic E-state index is 12.3. The molecule has 33 heavy (non-hydrogen) atoms. The zero-order valence-corrected chi connectivity index (χ0v) is 20.0. The summed E-state index contributed by atoms with van der Waals surface area (Å²) in [6.07, 6.45) is 1.24. The van der Waals surface area contributed by atoms with E-state index in [1.165, 1.54) is 22.3 Å². The van der Waals surface area contributed by atoms with Crippen molar-refractivity contribution in [1.29, 1.82) is 0 Å². The van der Waals surface area contributed by atoms with E-state index in [4.69, 9.17) is 4.42 Å². The molecular formula is C22H25N5O4S2. The zero-order valence-electron chi connectivity index (χ0n) is 18.4. The lowest BCUT2D eigenvalue weighted by molar-refractivity contribution is -0.113. The Morgan fingerprint density at radius 2 is 1.70 bits per heavy atom. The van der Waals surface area contributed by atoms with Gasteiger partial charge in [0.05, 0.1) is 12.0 Å². The lowest BCUT2D eigenvalue weighted by Crippen LogP contribution is -2.48. The van der Waals surface area contributed by atoms with Crippen LogP contribution in [0.4, 0.5) is 11.4 Å². The molecule has 0 atom stereocenters. The summed E-state index contributed by atoms with van der Waals surface area (Å²) in [6.45, 7) is 4.20. The minimum atomic E-state index is -3.15. The Morgan fingerprint density at radius 3 is 2.33 bits per heavy atom. The van der Waals surface area contributed by atoms with Gasteiger partial charge in [-0.2, -0.15) is 4.31 Å². The number of aromatic nitrogens is 2. The average Bonchev–Trinajstić information content (AvgIpc) is 3.27. The average molecular weight is 488 g/mol. The lowest BCUT2D eigenvalue weighted by Gasteiger charge is -2.34. The first-order valence-electron chi connectivity index (χ1n) is 10.4. The molecule has 9 nitrogen and oxygen atoms in total. The van der Waals surface area contributed by atoms with Crippen LogP contribution in [0.1, 0.15) is 5.56 Å². The first-order valence-corrected chi connectivity index (χ1v) is 13.2. The second-order valence-corrected chi connectivity index (χ2v) is 10.7. The molecule has 1 saturated heterocycles. The number of benzene rings is 2. The first kappa shape index (κ1) is 23.3. The van der Waals surface area contributed by atoms with Gasteiger partial charge in [0.1, 0.15) is 0 Å². The van der Waals surface area contributed by atoms with Crippen LogP contribution in [0.2, 0.25) is 0 Å². The molecule has 174 valence electrons. The van der Waals surface area contributed by atoms with Gasteiger partial charge in [-0.1, -0.05) is 29.5 Å². The first-order chi connectivity index (χ1) is 15.8. The van der Waals surface area contributed by atoms with Gasteiger partial charge in [-0.3, -0.25) is 4.79 Å². The van der Waals surface area contributed by atoms with E-state index in [1.807, 2.05) is 55.5 Å². The van der Waals surface area contributed by atoms with E-state index in [0.717, 1.165) is 16.8 Å². The highest BCUT2D eigenvalue weighted by Crippen LogP contribution is 2.24. The fourth-order valence-corrected chi connectivity index (χ4v) is 4.83. The molecule has 2 aromatic carbocycles. The molecule has 1 aromatic heterocycles. The van der Waals surface area contributed by atoms with E-state index < -0.39 is 10.0 Å². The summed E-state index contributed by atoms with van der Waals surface area (Å²) >= 11 is 1.18. The van der Waals surface area contributed by atoms with E-state index in [1.54, 1.807) is 0 Å². The molecule has 0 saturated carbocycles. The van der Waals surface area contributed by atoms with Crippen LogP contribution >= 0.6 is 11.8 Å². The number of carbonyl (C=O) groups excluding carboxylic acids is 1. The van der Waals surface area contributed by atoms with Crippen LogP contribution in [0.25, 0.3) is 11.5 Å². The molecule has 0 radical (unpaired) electrons. The molecular weight excluding hydrogens is 462 g/mol. The van der Waals surface area contributed by atoms with Gasteiger partial charge in [0.25, 0.3) is 5.22 Å². The van der Waals surface area contributed by atoms with Crippen LogP contribution < -0.4 is 10.2 Å². The number of piperazine rings is 1. The van der Waals surface area contributed by atoms with Gasteiger partial charge >= 0.3 is 0 Å². The van der Waals surface area contributed by atoms with Crippen molar-refractivity contribution in [3.8, 4) is 11.5 Å². The second-order valence-electron chi connectivity index (χ2n) is 7.77. The van der Waals surface area contributed by atoms with Gasteiger partial charge in [-0.05, 0) is 43.3 Å². The molecule has 0 bridgehead atoms. The number of hydrogen-bond acceptors (Lipinski definition) is 8. The van der Waals surface area contributed by atoms with Crippen molar-refractivity contribution in [2.24, 2.45) is 0 Å². The zero-order chi connectivity index (χ0) is 23.4. The summed E-state index contributed by atoms with van der Waals surface area (Å²) in [5, 5.41) is 11.2. The van der Waals surface area contributed by atoms with Crippen molar-refractivity contribution < 1.29 is 17.6 Å². The molecule has 1 N–H and O–H groups in total. The predicted octanol–water partition coefficient (Wildman–Crippen LogP) is 2.86. The van der Waals surface area contributed by atoms with Gasteiger partial charge in [0.2, 0.25) is 21.8 Å². The third kappa shape index (κ3) is 6.12. The maximum absolute atomic E-state index is 12.3. The number of anilines is 2. The Balaban J connectivity index is 1.26. The Labute approximate surface area is 197 Å². The summed E-state index contributed by atoms with van der Waals surface area (Å²) in [4.78, 5) is 14.5. The lowest BCUT2D eigenvalue weighted by atomic mass is 10.1. The van der Waals surface area contributed by atoms with E-state index in [-0.39, 0.29) is 11.7 Å². The van der Waals surface area contributed by atoms with Crippen LogP contribution in [0.5, 0.6) is 0 Å². The fraction of sp³-hybridized carbons (Fsp3) is 0.318. The Kier molecular flexibility index (Phi) is 7.01. The molecule has 0 unspecified atom stereocenters. The molecule has 0 aliphatic carbocycles. The molecule has 0 spiro atoms. The number of hydrogen-bond donors (Lipinski definition) is 1. The van der Waals surface area contributed by atoms with E-state index in [2.05, 4.69) is 20.4 Å². The molecule has 4 rings (SSSR count). The molecule has 2 heterocycles. The van der Waals surface area contributed by atoms with Crippen molar-refractivity contribution in [1.82, 2.24) is 14.5 Å². The highest BCUT2D eigenvalue weighted by Gasteiger charge is 2.23. The number of nitrogens with zero attached hydrogens (tertiary/aromatic N) is 4. The van der Waals surface area contributed by atoms with Gasteiger partial charge in [-0.25, -0.2) is 8.42 Å². The molecule has 1 aliphatic heterocycles. The quantitative estimate of drug-likeness (QED) is 0.507. The number of carbonyl (C=O) groups is 1. The Morgan fingerprint density at radius 1 is 1.03 bits per heavy atom. The monoisotopic (exact) mass is 487 g/mol. The number of aryl methyl sites for hydroxylation is 1. The third-order valence-electron chi connectivity index (χ3n) is 5.26. The second kappa shape index (κ2) is 9.94. The molecule has 3 aromatic rings. The van der Waals surface area contributed by atoms with Crippen LogP contribution in [-0.2, 0) is 14.8 Å². The highest BCUT2D eigenvalue weighted by molar-refractivity contribution is 7.99. The van der Waals surface area contributed by atoms with Gasteiger partial charge in [0, 0.05) is 43.1 Å². The number of rotatable bonds is 7. The molecule has 11 heteroatoms. The fourth-order valence-electron chi connectivity index (χ4n) is 3.44. The number of sulfonamides is 1. The molecule has 1 fully saturated rings. The summed E-state index contributed by atoms with van der Waals surface area (Å²) in [7, 11) is -3.15. The van der Waals surface area contributed by atoms with Crippen LogP contribution in [0.3, 0.4) is 0 Å². The van der Waals surface area contributed by atoms with Gasteiger partial charge < -0.3 is 14.6 Å². The minimum Gasteiger partial charge on any atom is -0.411 e. The van der Waals surface area contributed by atoms with Gasteiger partial charge in [-0.15, -0.1) is 10.2 Å². The van der Waals surface area contributed by atoms with Crippen molar-refractivity contribution in [2.75, 3.05) is 48.4 Å². The summed E-state index contributed by atoms with van der Waals surface area (Å²) in [6, 6.07) is 15.3. The number of thioether (sulfide) groups is 1. The standard InChI is InChI=1S/C22H25N5O4S2/c1-16-3-5-17(6-4-16)21-24-25-22(31-21)32-15-20(28)23-18-7-9-19(10-8-18)26-11-13-27(14-12-26)33(2,29)30/h3-10H,11-15H2,1-2H3,(H,23,28). The van der Waals surface area contributed by atoms with Crippen molar-refractivity contribution in [3.05, 3.63) is 54.1 Å². The smallest absolute Gasteiger partial charge is 0.277 e. The van der Waals surface area contributed by atoms with Crippen LogP contribution in [-0.4, -0.2) is 67.0 Å². The van der Waals surface area contributed by atoms with E-state index >= 15 is 0 Å². The minimum absolute atomic E-state index is 0.144. The Bertz CT molecular complexity index is 1200. The summed E-state index contributed by atoms with van der Waals surface area (Å²) in [5.74, 6) is 0.389. The SMILES string of the molecule is Cc1ccc(-c2nnc(SCC(=O)Nc3ccc(N4CCN(S(C)(=O)=O)CC4)cc3)o2)cc1. The van der Waals surface area contributed by atoms with Crippen molar-refractivity contribution in [2.45, 2.75) is 12.1 Å². The van der Waals surface area contributed by atoms with Crippen LogP contribution in [0.15, 0.2) is 58.2 Å². The molecule has 1 aliphatic rings. The highest BCUT2D eigenvalue weighted by atomic mass is 32.2. The number of amides is 1. The van der Waals surface area contributed by atoms with Crippen molar-refractivity contribution in [3.63, 3.8) is 0 Å². The maximum Gasteiger partial charge on any atom is 0.277 e. The predicted molar refractivity (Wildman–Crippen MR) is 129 cm³/mol. The van der Waals surface area contributed by atoms with E-state index in [9.17, 15) is 13.2 Å². The topological polar surface area (TPSA) is 109 Å².